The van der Waals surface area contributed by atoms with Crippen molar-refractivity contribution in [3.63, 3.8) is 0 Å². The SMILES string of the molecule is c1ccc2cc(-c3nc(-c4ccc5c(c4)sc4ccccc45)nc(-c4ccc5sc6ccccc6c5c4)n3)ccc2c1. The largest absolute Gasteiger partial charge is 0.208 e. The molecule has 0 amide bonds. The topological polar surface area (TPSA) is 38.7 Å². The Labute approximate surface area is 249 Å². The summed E-state index contributed by atoms with van der Waals surface area (Å²) in [5.74, 6) is 2.03. The molecule has 0 N–H and O–H groups in total. The number of thiophene rings is 2. The zero-order valence-electron chi connectivity index (χ0n) is 22.3. The summed E-state index contributed by atoms with van der Waals surface area (Å²) < 4.78 is 5.07. The minimum Gasteiger partial charge on any atom is -0.208 e. The summed E-state index contributed by atoms with van der Waals surface area (Å²) in [6.07, 6.45) is 0. The number of hydrogen-bond donors (Lipinski definition) is 0. The molecule has 3 heterocycles. The molecule has 6 aromatic carbocycles. The highest BCUT2D eigenvalue weighted by atomic mass is 32.1. The van der Waals surface area contributed by atoms with Crippen LogP contribution in [0.2, 0.25) is 0 Å². The summed E-state index contributed by atoms with van der Waals surface area (Å²) in [5, 5.41) is 7.40. The van der Waals surface area contributed by atoms with E-state index < -0.39 is 0 Å². The van der Waals surface area contributed by atoms with Gasteiger partial charge >= 0.3 is 0 Å². The van der Waals surface area contributed by atoms with Crippen LogP contribution in [0.3, 0.4) is 0 Å². The van der Waals surface area contributed by atoms with Gasteiger partial charge in [0.1, 0.15) is 0 Å². The van der Waals surface area contributed by atoms with Crippen LogP contribution in [0, 0.1) is 0 Å². The first-order valence-electron chi connectivity index (χ1n) is 13.9. The molecule has 0 bridgehead atoms. The molecule has 196 valence electrons. The summed E-state index contributed by atoms with van der Waals surface area (Å²) in [6, 6.07) is 45.1. The van der Waals surface area contributed by atoms with Gasteiger partial charge in [0.2, 0.25) is 0 Å². The van der Waals surface area contributed by atoms with Gasteiger partial charge in [-0.3, -0.25) is 0 Å². The third-order valence-corrected chi connectivity index (χ3v) is 10.2. The van der Waals surface area contributed by atoms with Crippen molar-refractivity contribution in [2.45, 2.75) is 0 Å². The van der Waals surface area contributed by atoms with E-state index in [1.165, 1.54) is 45.7 Å². The van der Waals surface area contributed by atoms with Gasteiger partial charge in [0.05, 0.1) is 0 Å². The van der Waals surface area contributed by atoms with Crippen LogP contribution in [-0.2, 0) is 0 Å². The van der Waals surface area contributed by atoms with Gasteiger partial charge in [-0.25, -0.2) is 15.0 Å². The molecule has 0 aliphatic heterocycles. The van der Waals surface area contributed by atoms with Gasteiger partial charge in [-0.2, -0.15) is 0 Å². The lowest BCUT2D eigenvalue weighted by Gasteiger charge is -2.09. The van der Waals surface area contributed by atoms with Crippen LogP contribution in [-0.4, -0.2) is 15.0 Å². The second-order valence-corrected chi connectivity index (χ2v) is 12.7. The van der Waals surface area contributed by atoms with Gasteiger partial charge in [-0.15, -0.1) is 22.7 Å². The Morgan fingerprint density at radius 3 is 1.60 bits per heavy atom. The van der Waals surface area contributed by atoms with E-state index in [1.54, 1.807) is 11.3 Å². The maximum atomic E-state index is 5.08. The highest BCUT2D eigenvalue weighted by Gasteiger charge is 2.15. The van der Waals surface area contributed by atoms with Crippen molar-refractivity contribution in [1.29, 1.82) is 0 Å². The van der Waals surface area contributed by atoms with E-state index in [4.69, 9.17) is 15.0 Å². The second-order valence-electron chi connectivity index (χ2n) is 10.5. The van der Waals surface area contributed by atoms with Crippen molar-refractivity contribution in [3.8, 4) is 34.2 Å². The zero-order valence-corrected chi connectivity index (χ0v) is 23.9. The Morgan fingerprint density at radius 2 is 0.833 bits per heavy atom. The Morgan fingerprint density at radius 1 is 0.333 bits per heavy atom. The van der Waals surface area contributed by atoms with Crippen molar-refractivity contribution >= 4 is 73.8 Å². The number of fused-ring (bicyclic) bond motifs is 7. The standard InChI is InChI=1S/C37H21N3S2/c1-2-8-23-19-24(14-13-22(23)7-1)35-38-36(25-16-18-33-30(20-25)28-10-4-6-12-32(28)41-33)40-37(39-35)26-15-17-29-27-9-3-5-11-31(27)42-34(29)21-26/h1-21H. The van der Waals surface area contributed by atoms with E-state index in [0.717, 1.165) is 22.1 Å². The Hall–Kier alpha value is -4.97. The average Bonchev–Trinajstić information content (AvgIpc) is 3.62. The molecule has 0 aliphatic carbocycles. The number of rotatable bonds is 3. The third-order valence-electron chi connectivity index (χ3n) is 7.91. The van der Waals surface area contributed by atoms with Crippen LogP contribution in [0.25, 0.3) is 85.3 Å². The van der Waals surface area contributed by atoms with E-state index in [2.05, 4.69) is 127 Å². The maximum absolute atomic E-state index is 5.08. The van der Waals surface area contributed by atoms with Gasteiger partial charge in [-0.05, 0) is 53.2 Å². The Balaban J connectivity index is 1.26. The molecule has 5 heteroatoms. The molecular formula is C37H21N3S2. The van der Waals surface area contributed by atoms with Crippen LogP contribution in [0.1, 0.15) is 0 Å². The first kappa shape index (κ1) is 23.7. The highest BCUT2D eigenvalue weighted by Crippen LogP contribution is 2.38. The van der Waals surface area contributed by atoms with E-state index in [-0.39, 0.29) is 0 Å². The predicted octanol–water partition coefficient (Wildman–Crippen LogP) is 10.8. The third kappa shape index (κ3) is 3.82. The van der Waals surface area contributed by atoms with Crippen LogP contribution in [0.15, 0.2) is 127 Å². The number of benzene rings is 6. The van der Waals surface area contributed by atoms with Crippen molar-refractivity contribution in [2.75, 3.05) is 0 Å². The molecule has 3 nitrogen and oxygen atoms in total. The smallest absolute Gasteiger partial charge is 0.164 e. The maximum Gasteiger partial charge on any atom is 0.164 e. The van der Waals surface area contributed by atoms with E-state index in [9.17, 15) is 0 Å². The zero-order chi connectivity index (χ0) is 27.6. The van der Waals surface area contributed by atoms with Gasteiger partial charge in [0.25, 0.3) is 0 Å². The van der Waals surface area contributed by atoms with E-state index >= 15 is 0 Å². The normalized spacial score (nSPS) is 11.8. The van der Waals surface area contributed by atoms with Crippen molar-refractivity contribution in [3.05, 3.63) is 127 Å². The summed E-state index contributed by atoms with van der Waals surface area (Å²) in [7, 11) is 0. The molecule has 0 saturated carbocycles. The summed E-state index contributed by atoms with van der Waals surface area (Å²) in [6.45, 7) is 0. The second kappa shape index (κ2) is 9.28. The first-order valence-corrected chi connectivity index (χ1v) is 15.5. The molecule has 0 unspecified atom stereocenters. The summed E-state index contributed by atoms with van der Waals surface area (Å²) in [4.78, 5) is 15.2. The van der Waals surface area contributed by atoms with Gasteiger partial charge in [0, 0.05) is 57.0 Å². The van der Waals surface area contributed by atoms with Gasteiger partial charge < -0.3 is 0 Å². The Bertz CT molecular complexity index is 2490. The van der Waals surface area contributed by atoms with Crippen molar-refractivity contribution in [2.24, 2.45) is 0 Å². The van der Waals surface area contributed by atoms with Gasteiger partial charge in [-0.1, -0.05) is 84.9 Å². The lowest BCUT2D eigenvalue weighted by Crippen LogP contribution is -2.00. The number of hydrogen-bond acceptors (Lipinski definition) is 5. The molecule has 0 atom stereocenters. The molecular weight excluding hydrogens is 551 g/mol. The minimum absolute atomic E-state index is 0.674. The molecule has 0 spiro atoms. The number of aromatic nitrogens is 3. The first-order chi connectivity index (χ1) is 20.8. The summed E-state index contributed by atoms with van der Waals surface area (Å²) in [5.41, 5.74) is 2.95. The number of nitrogens with zero attached hydrogens (tertiary/aromatic N) is 3. The lowest BCUT2D eigenvalue weighted by atomic mass is 10.1. The average molecular weight is 572 g/mol. The molecule has 0 saturated heterocycles. The summed E-state index contributed by atoms with van der Waals surface area (Å²) >= 11 is 3.62. The Kier molecular flexibility index (Phi) is 5.24. The minimum atomic E-state index is 0.674. The fraction of sp³-hybridized carbons (Fsp3) is 0. The molecule has 0 aliphatic rings. The van der Waals surface area contributed by atoms with Crippen molar-refractivity contribution in [1.82, 2.24) is 15.0 Å². The van der Waals surface area contributed by atoms with Crippen LogP contribution >= 0.6 is 22.7 Å². The monoisotopic (exact) mass is 571 g/mol. The van der Waals surface area contributed by atoms with Crippen LogP contribution in [0.4, 0.5) is 0 Å². The predicted molar refractivity (Wildman–Crippen MR) is 179 cm³/mol. The quantitative estimate of drug-likeness (QED) is 0.212. The molecule has 0 radical (unpaired) electrons. The van der Waals surface area contributed by atoms with Crippen molar-refractivity contribution < 1.29 is 0 Å². The van der Waals surface area contributed by atoms with E-state index in [0.29, 0.717) is 17.5 Å². The highest BCUT2D eigenvalue weighted by molar-refractivity contribution is 7.26. The van der Waals surface area contributed by atoms with Gasteiger partial charge in [0.15, 0.2) is 17.5 Å². The molecule has 3 aromatic heterocycles. The molecule has 0 fully saturated rings. The molecule has 42 heavy (non-hydrogen) atoms. The fourth-order valence-corrected chi connectivity index (χ4v) is 8.05. The molecule has 9 aromatic rings. The fourth-order valence-electron chi connectivity index (χ4n) is 5.82. The van der Waals surface area contributed by atoms with Crippen LogP contribution in [0.5, 0.6) is 0 Å². The lowest BCUT2D eigenvalue weighted by molar-refractivity contribution is 1.08. The van der Waals surface area contributed by atoms with E-state index in [1.807, 2.05) is 11.3 Å². The molecule has 9 rings (SSSR count). The van der Waals surface area contributed by atoms with Crippen LogP contribution < -0.4 is 0 Å².